The highest BCUT2D eigenvalue weighted by Crippen LogP contribution is 2.27. The Bertz CT molecular complexity index is 1060. The first-order chi connectivity index (χ1) is 14.8. The van der Waals surface area contributed by atoms with Gasteiger partial charge in [-0.1, -0.05) is 25.8 Å². The summed E-state index contributed by atoms with van der Waals surface area (Å²) in [5.74, 6) is -1.21. The average molecular weight is 430 g/mol. The van der Waals surface area contributed by atoms with Crippen LogP contribution < -0.4 is 4.74 Å². The van der Waals surface area contributed by atoms with E-state index in [0.29, 0.717) is 22.8 Å². The van der Waals surface area contributed by atoms with Crippen LogP contribution in [0.25, 0.3) is 5.65 Å². The number of hydrogen-bond donors (Lipinski definition) is 1. The van der Waals surface area contributed by atoms with E-state index in [1.807, 2.05) is 6.92 Å². The van der Waals surface area contributed by atoms with Gasteiger partial charge in [0.25, 0.3) is 0 Å². The quantitative estimate of drug-likeness (QED) is 0.450. The molecule has 0 amide bonds. The second-order valence-electron chi connectivity index (χ2n) is 7.93. The number of aryl methyl sites for hydroxylation is 2. The molecule has 2 aromatic heterocycles. The van der Waals surface area contributed by atoms with Crippen LogP contribution >= 0.6 is 0 Å². The Balaban J connectivity index is 1.91. The number of halogens is 2. The molecule has 0 aliphatic heterocycles. The van der Waals surface area contributed by atoms with E-state index in [9.17, 15) is 18.7 Å². The van der Waals surface area contributed by atoms with Gasteiger partial charge >= 0.3 is 0 Å². The second kappa shape index (κ2) is 10.0. The van der Waals surface area contributed by atoms with E-state index in [-0.39, 0.29) is 36.9 Å². The standard InChI is InChI=1S/C24H28F2N2O3/c1-4-5-7-17(13-29)11-21(30)23-16(3)27-24-22(10-15(2)12-28(23)24)31-14-18-19(25)8-6-9-20(18)26/h6,8-10,12,17,29H,4-5,7,11,13-14H2,1-3H3/t17-/m0/s1. The first kappa shape index (κ1) is 22.9. The number of hydrogen-bond acceptors (Lipinski definition) is 4. The molecule has 0 spiro atoms. The minimum absolute atomic E-state index is 0.0386. The predicted octanol–water partition coefficient (Wildman–Crippen LogP) is 5.18. The number of ether oxygens (including phenoxy) is 1. The van der Waals surface area contributed by atoms with E-state index in [2.05, 4.69) is 11.9 Å². The highest BCUT2D eigenvalue weighted by atomic mass is 19.1. The number of rotatable bonds is 10. The Hall–Kier alpha value is -2.80. The number of Topliss-reactive ketones (excluding diaryl/α,β-unsaturated/α-hetero) is 1. The highest BCUT2D eigenvalue weighted by molar-refractivity contribution is 5.97. The number of aromatic nitrogens is 2. The summed E-state index contributed by atoms with van der Waals surface area (Å²) < 4.78 is 35.3. The van der Waals surface area contributed by atoms with Gasteiger partial charge in [0.2, 0.25) is 0 Å². The third-order valence-corrected chi connectivity index (χ3v) is 5.39. The Morgan fingerprint density at radius 2 is 1.97 bits per heavy atom. The Morgan fingerprint density at radius 1 is 1.26 bits per heavy atom. The predicted molar refractivity (Wildman–Crippen MR) is 114 cm³/mol. The SMILES string of the molecule is CCCC[C@H](CO)CC(=O)c1c(C)nc2c(OCc3c(F)cccc3F)cc(C)cn12. The number of aliphatic hydroxyl groups is 1. The number of ketones is 1. The number of unbranched alkanes of at least 4 members (excludes halogenated alkanes) is 1. The van der Waals surface area contributed by atoms with E-state index in [1.54, 1.807) is 23.6 Å². The summed E-state index contributed by atoms with van der Waals surface area (Å²) in [5.41, 5.74) is 2.05. The third kappa shape index (κ3) is 5.10. The highest BCUT2D eigenvalue weighted by Gasteiger charge is 2.22. The fourth-order valence-electron chi connectivity index (χ4n) is 3.73. The molecule has 1 atom stereocenters. The molecule has 3 aromatic rings. The molecule has 3 rings (SSSR count). The molecule has 0 aliphatic rings. The van der Waals surface area contributed by atoms with Gasteiger partial charge in [-0.05, 0) is 49.9 Å². The fraction of sp³-hybridized carbons (Fsp3) is 0.417. The van der Waals surface area contributed by atoms with Gasteiger partial charge in [-0.3, -0.25) is 9.20 Å². The molecule has 1 N–H and O–H groups in total. The van der Waals surface area contributed by atoms with Gasteiger partial charge in [0, 0.05) is 19.2 Å². The molecule has 0 aliphatic carbocycles. The van der Waals surface area contributed by atoms with Crippen molar-refractivity contribution in [2.45, 2.75) is 53.1 Å². The lowest BCUT2D eigenvalue weighted by Gasteiger charge is -2.13. The minimum Gasteiger partial charge on any atom is -0.485 e. The summed E-state index contributed by atoms with van der Waals surface area (Å²) in [7, 11) is 0. The molecule has 0 radical (unpaired) electrons. The number of benzene rings is 1. The Morgan fingerprint density at radius 3 is 2.61 bits per heavy atom. The molecule has 166 valence electrons. The van der Waals surface area contributed by atoms with Gasteiger partial charge in [0.05, 0.1) is 11.3 Å². The number of carbonyl (C=O) groups excluding carboxylic acids is 1. The summed E-state index contributed by atoms with van der Waals surface area (Å²) in [6.07, 6.45) is 4.76. The van der Waals surface area contributed by atoms with Crippen molar-refractivity contribution in [3.05, 3.63) is 64.6 Å². The zero-order valence-corrected chi connectivity index (χ0v) is 18.1. The van der Waals surface area contributed by atoms with Crippen molar-refractivity contribution in [1.29, 1.82) is 0 Å². The molecule has 0 saturated carbocycles. The van der Waals surface area contributed by atoms with Gasteiger partial charge in [0.15, 0.2) is 17.2 Å². The van der Waals surface area contributed by atoms with E-state index in [4.69, 9.17) is 4.74 Å². The topological polar surface area (TPSA) is 63.8 Å². The lowest BCUT2D eigenvalue weighted by atomic mass is 9.95. The lowest BCUT2D eigenvalue weighted by Crippen LogP contribution is -2.15. The molecule has 7 heteroatoms. The van der Waals surface area contributed by atoms with Gasteiger partial charge in [-0.25, -0.2) is 13.8 Å². The smallest absolute Gasteiger partial charge is 0.181 e. The molecule has 1 aromatic carbocycles. The molecule has 2 heterocycles. The van der Waals surface area contributed by atoms with Gasteiger partial charge in [-0.15, -0.1) is 0 Å². The summed E-state index contributed by atoms with van der Waals surface area (Å²) in [6, 6.07) is 5.39. The number of nitrogens with zero attached hydrogens (tertiary/aromatic N) is 2. The normalized spacial score (nSPS) is 12.3. The summed E-state index contributed by atoms with van der Waals surface area (Å²) in [4.78, 5) is 17.5. The summed E-state index contributed by atoms with van der Waals surface area (Å²) >= 11 is 0. The Labute approximate surface area is 180 Å². The van der Waals surface area contributed by atoms with Crippen molar-refractivity contribution < 1.29 is 23.4 Å². The minimum atomic E-state index is -0.679. The van der Waals surface area contributed by atoms with Crippen LogP contribution in [0, 0.1) is 31.4 Å². The zero-order chi connectivity index (χ0) is 22.5. The van der Waals surface area contributed by atoms with Crippen molar-refractivity contribution in [3.63, 3.8) is 0 Å². The van der Waals surface area contributed by atoms with Gasteiger partial charge in [0.1, 0.15) is 23.9 Å². The maximum atomic E-state index is 14.0. The molecule has 5 nitrogen and oxygen atoms in total. The van der Waals surface area contributed by atoms with Crippen LogP contribution in [-0.4, -0.2) is 26.9 Å². The number of pyridine rings is 1. The van der Waals surface area contributed by atoms with Crippen molar-refractivity contribution >= 4 is 11.4 Å². The maximum absolute atomic E-state index is 14.0. The van der Waals surface area contributed by atoms with Gasteiger partial charge < -0.3 is 9.84 Å². The van der Waals surface area contributed by atoms with E-state index in [0.717, 1.165) is 24.8 Å². The Kier molecular flexibility index (Phi) is 7.38. The molecular formula is C24H28F2N2O3. The van der Waals surface area contributed by atoms with Crippen LogP contribution in [0.3, 0.4) is 0 Å². The van der Waals surface area contributed by atoms with Crippen molar-refractivity contribution in [2.24, 2.45) is 5.92 Å². The van der Waals surface area contributed by atoms with Crippen LogP contribution in [0.4, 0.5) is 8.78 Å². The van der Waals surface area contributed by atoms with Crippen LogP contribution in [0.15, 0.2) is 30.5 Å². The molecule has 0 saturated heterocycles. The molecule has 0 bridgehead atoms. The fourth-order valence-corrected chi connectivity index (χ4v) is 3.73. The van der Waals surface area contributed by atoms with E-state index in [1.165, 1.54) is 18.2 Å². The van der Waals surface area contributed by atoms with E-state index < -0.39 is 11.6 Å². The zero-order valence-electron chi connectivity index (χ0n) is 18.1. The van der Waals surface area contributed by atoms with Crippen LogP contribution in [0.2, 0.25) is 0 Å². The van der Waals surface area contributed by atoms with Crippen LogP contribution in [0.5, 0.6) is 5.75 Å². The second-order valence-corrected chi connectivity index (χ2v) is 7.93. The third-order valence-electron chi connectivity index (χ3n) is 5.39. The number of imidazole rings is 1. The number of fused-ring (bicyclic) bond motifs is 1. The monoisotopic (exact) mass is 430 g/mol. The molecule has 0 unspecified atom stereocenters. The van der Waals surface area contributed by atoms with Gasteiger partial charge in [-0.2, -0.15) is 0 Å². The van der Waals surface area contributed by atoms with Crippen molar-refractivity contribution in [3.8, 4) is 5.75 Å². The number of carbonyl (C=O) groups is 1. The van der Waals surface area contributed by atoms with Crippen LogP contribution in [0.1, 0.15) is 59.9 Å². The molecule has 31 heavy (non-hydrogen) atoms. The van der Waals surface area contributed by atoms with Crippen molar-refractivity contribution in [1.82, 2.24) is 9.38 Å². The summed E-state index contributed by atoms with van der Waals surface area (Å²) in [5, 5.41) is 9.64. The first-order valence-corrected chi connectivity index (χ1v) is 10.5. The lowest BCUT2D eigenvalue weighted by molar-refractivity contribution is 0.0923. The summed E-state index contributed by atoms with van der Waals surface area (Å²) in [6.45, 7) is 5.33. The van der Waals surface area contributed by atoms with E-state index >= 15 is 0 Å². The molecule has 0 fully saturated rings. The molecular weight excluding hydrogens is 402 g/mol. The van der Waals surface area contributed by atoms with Crippen LogP contribution in [-0.2, 0) is 6.61 Å². The maximum Gasteiger partial charge on any atom is 0.181 e. The largest absolute Gasteiger partial charge is 0.485 e. The first-order valence-electron chi connectivity index (χ1n) is 10.5. The van der Waals surface area contributed by atoms with Crippen molar-refractivity contribution in [2.75, 3.05) is 6.61 Å². The number of aliphatic hydroxyl groups excluding tert-OH is 1. The average Bonchev–Trinajstić information content (AvgIpc) is 3.06.